The van der Waals surface area contributed by atoms with Crippen LogP contribution in [0.1, 0.15) is 45.2 Å². The van der Waals surface area contributed by atoms with E-state index < -0.39 is 0 Å². The lowest BCUT2D eigenvalue weighted by Crippen LogP contribution is -2.47. The molecule has 1 N–H and O–H groups in total. The minimum Gasteiger partial charge on any atom is -0.351 e. The number of nitrogens with zero attached hydrogens (tertiary/aromatic N) is 3. The Morgan fingerprint density at radius 3 is 2.41 bits per heavy atom. The summed E-state index contributed by atoms with van der Waals surface area (Å²) >= 11 is 6.45. The van der Waals surface area contributed by atoms with E-state index in [-0.39, 0.29) is 35.7 Å². The van der Waals surface area contributed by atoms with E-state index in [1.807, 2.05) is 66.9 Å². The molecule has 6 nitrogen and oxygen atoms in total. The van der Waals surface area contributed by atoms with E-state index in [9.17, 15) is 9.59 Å². The van der Waals surface area contributed by atoms with E-state index in [0.29, 0.717) is 31.0 Å². The van der Waals surface area contributed by atoms with E-state index in [1.165, 1.54) is 0 Å². The van der Waals surface area contributed by atoms with Crippen LogP contribution in [0.4, 0.5) is 0 Å². The quantitative estimate of drug-likeness (QED) is 0.783. The van der Waals surface area contributed by atoms with Gasteiger partial charge in [-0.1, -0.05) is 43.6 Å². The predicted octanol–water partition coefficient (Wildman–Crippen LogP) is 3.53. The molecule has 0 saturated carbocycles. The summed E-state index contributed by atoms with van der Waals surface area (Å²) in [6, 6.07) is 9.11. The van der Waals surface area contributed by atoms with Crippen molar-refractivity contribution in [1.29, 1.82) is 0 Å². The molecule has 2 amide bonds. The van der Waals surface area contributed by atoms with Crippen molar-refractivity contribution in [3.63, 3.8) is 0 Å². The van der Waals surface area contributed by atoms with Gasteiger partial charge in [0.25, 0.3) is 0 Å². The number of piperidine rings is 1. The number of rotatable bonds is 6. The lowest BCUT2D eigenvalue weighted by atomic mass is 9.93. The highest BCUT2D eigenvalue weighted by Crippen LogP contribution is 2.29. The molecule has 0 aliphatic carbocycles. The summed E-state index contributed by atoms with van der Waals surface area (Å²) in [5.74, 6) is 0.0945. The molecule has 2 unspecified atom stereocenters. The summed E-state index contributed by atoms with van der Waals surface area (Å²) in [7, 11) is 0. The molecule has 1 aliphatic rings. The molecule has 29 heavy (non-hydrogen) atoms. The molecule has 2 heterocycles. The number of carbonyl (C=O) groups excluding carboxylic acids is 2. The third kappa shape index (κ3) is 4.99. The molecule has 156 valence electrons. The maximum atomic E-state index is 12.9. The lowest BCUT2D eigenvalue weighted by molar-refractivity contribution is -0.138. The van der Waals surface area contributed by atoms with Gasteiger partial charge in [-0.15, -0.1) is 0 Å². The molecule has 3 rings (SSSR count). The molecule has 1 saturated heterocycles. The van der Waals surface area contributed by atoms with Gasteiger partial charge >= 0.3 is 0 Å². The van der Waals surface area contributed by atoms with Gasteiger partial charge in [-0.05, 0) is 37.5 Å². The highest BCUT2D eigenvalue weighted by Gasteiger charge is 2.31. The van der Waals surface area contributed by atoms with Crippen LogP contribution in [0.25, 0.3) is 0 Å². The monoisotopic (exact) mass is 416 g/mol. The summed E-state index contributed by atoms with van der Waals surface area (Å²) in [6.07, 6.45) is 4.98. The summed E-state index contributed by atoms with van der Waals surface area (Å²) in [4.78, 5) is 27.0. The first-order valence-electron chi connectivity index (χ1n) is 10.2. The van der Waals surface area contributed by atoms with Crippen molar-refractivity contribution in [2.24, 2.45) is 11.8 Å². The third-order valence-corrected chi connectivity index (χ3v) is 5.89. The van der Waals surface area contributed by atoms with E-state index in [1.54, 1.807) is 6.20 Å². The van der Waals surface area contributed by atoms with Gasteiger partial charge in [0.05, 0.1) is 12.1 Å². The molecule has 1 aliphatic heterocycles. The summed E-state index contributed by atoms with van der Waals surface area (Å²) < 4.78 is 1.83. The number of aromatic nitrogens is 2. The first-order valence-corrected chi connectivity index (χ1v) is 10.6. The molecular formula is C22H29ClN4O2. The maximum Gasteiger partial charge on any atom is 0.225 e. The van der Waals surface area contributed by atoms with Gasteiger partial charge in [-0.3, -0.25) is 14.3 Å². The fourth-order valence-corrected chi connectivity index (χ4v) is 4.20. The van der Waals surface area contributed by atoms with Crippen LogP contribution in [0.2, 0.25) is 5.02 Å². The Balaban J connectivity index is 1.67. The number of hydrogen-bond donors (Lipinski definition) is 1. The average Bonchev–Trinajstić information content (AvgIpc) is 3.23. The Hall–Kier alpha value is -2.34. The molecule has 0 spiro atoms. The highest BCUT2D eigenvalue weighted by atomic mass is 35.5. The van der Waals surface area contributed by atoms with Gasteiger partial charge < -0.3 is 10.2 Å². The van der Waals surface area contributed by atoms with Crippen LogP contribution >= 0.6 is 11.6 Å². The van der Waals surface area contributed by atoms with Crippen LogP contribution < -0.4 is 5.32 Å². The fraction of sp³-hybridized carbons (Fsp3) is 0.500. The molecule has 1 aromatic heterocycles. The Kier molecular flexibility index (Phi) is 6.96. The van der Waals surface area contributed by atoms with Crippen LogP contribution in [0.15, 0.2) is 42.7 Å². The second-order valence-electron chi connectivity index (χ2n) is 8.00. The van der Waals surface area contributed by atoms with E-state index in [2.05, 4.69) is 10.4 Å². The largest absolute Gasteiger partial charge is 0.351 e. The summed E-state index contributed by atoms with van der Waals surface area (Å²) in [5.41, 5.74) is 0.919. The topological polar surface area (TPSA) is 67.2 Å². The highest BCUT2D eigenvalue weighted by molar-refractivity contribution is 6.31. The Morgan fingerprint density at radius 1 is 1.14 bits per heavy atom. The second kappa shape index (κ2) is 9.44. The third-order valence-electron chi connectivity index (χ3n) is 5.55. The number of nitrogens with one attached hydrogen (secondary N) is 1. The molecule has 1 fully saturated rings. The van der Waals surface area contributed by atoms with Crippen LogP contribution in [0.3, 0.4) is 0 Å². The molecule has 7 heteroatoms. The smallest absolute Gasteiger partial charge is 0.225 e. The molecule has 0 bridgehead atoms. The van der Waals surface area contributed by atoms with Crippen LogP contribution in [0.5, 0.6) is 0 Å². The van der Waals surface area contributed by atoms with Crippen molar-refractivity contribution in [3.05, 3.63) is 53.3 Å². The van der Waals surface area contributed by atoms with Crippen molar-refractivity contribution < 1.29 is 9.59 Å². The zero-order valence-electron chi connectivity index (χ0n) is 17.2. The minimum atomic E-state index is -0.203. The van der Waals surface area contributed by atoms with Crippen LogP contribution in [-0.2, 0) is 9.59 Å². The van der Waals surface area contributed by atoms with Crippen LogP contribution in [-0.4, -0.2) is 45.6 Å². The normalized spacial score (nSPS) is 17.2. The zero-order chi connectivity index (χ0) is 21.0. The summed E-state index contributed by atoms with van der Waals surface area (Å²) in [5, 5.41) is 8.20. The van der Waals surface area contributed by atoms with Gasteiger partial charge in [0.1, 0.15) is 0 Å². The summed E-state index contributed by atoms with van der Waals surface area (Å²) in [6.45, 7) is 7.07. The molecule has 0 radical (unpaired) electrons. The molecule has 2 aromatic rings. The van der Waals surface area contributed by atoms with Crippen molar-refractivity contribution in [2.75, 3.05) is 13.1 Å². The zero-order valence-corrected chi connectivity index (χ0v) is 18.0. The standard InChI is InChI=1S/C22H29ClN4O2/c1-15(2)22(29)26-13-9-17(10-14-26)21(28)25-16(3)20(27-12-6-11-24-27)18-7-4-5-8-19(18)23/h4-8,11-12,15-17,20H,9-10,13-14H2,1-3H3,(H,25,28). The number of hydrogen-bond acceptors (Lipinski definition) is 3. The number of amides is 2. The van der Waals surface area contributed by atoms with Crippen molar-refractivity contribution in [2.45, 2.75) is 45.7 Å². The molecule has 1 aromatic carbocycles. The van der Waals surface area contributed by atoms with Crippen molar-refractivity contribution in [1.82, 2.24) is 20.0 Å². The van der Waals surface area contributed by atoms with E-state index >= 15 is 0 Å². The van der Waals surface area contributed by atoms with E-state index in [4.69, 9.17) is 11.6 Å². The van der Waals surface area contributed by atoms with Crippen molar-refractivity contribution in [3.8, 4) is 0 Å². The van der Waals surface area contributed by atoms with Crippen molar-refractivity contribution >= 4 is 23.4 Å². The first kappa shape index (κ1) is 21.4. The SMILES string of the molecule is CC(C)C(=O)N1CCC(C(=O)NC(C)C(c2ccccc2Cl)n2cccn2)CC1. The Bertz CT molecular complexity index is 829. The van der Waals surface area contributed by atoms with Gasteiger partial charge in [-0.25, -0.2) is 0 Å². The van der Waals surface area contributed by atoms with E-state index in [0.717, 1.165) is 5.56 Å². The Labute approximate surface area is 177 Å². The minimum absolute atomic E-state index is 0.00847. The van der Waals surface area contributed by atoms with Crippen LogP contribution in [0, 0.1) is 11.8 Å². The average molecular weight is 417 g/mol. The number of carbonyl (C=O) groups is 2. The Morgan fingerprint density at radius 2 is 1.83 bits per heavy atom. The number of benzene rings is 1. The fourth-order valence-electron chi connectivity index (χ4n) is 3.95. The second-order valence-corrected chi connectivity index (χ2v) is 8.41. The number of halogens is 1. The lowest BCUT2D eigenvalue weighted by Gasteiger charge is -2.34. The van der Waals surface area contributed by atoms with Gasteiger partial charge in [0.2, 0.25) is 11.8 Å². The van der Waals surface area contributed by atoms with Gasteiger partial charge in [-0.2, -0.15) is 5.10 Å². The molecular weight excluding hydrogens is 388 g/mol. The van der Waals surface area contributed by atoms with Gasteiger partial charge in [0.15, 0.2) is 0 Å². The maximum absolute atomic E-state index is 12.9. The number of likely N-dealkylation sites (tertiary alicyclic amines) is 1. The molecule has 2 atom stereocenters. The predicted molar refractivity (Wildman–Crippen MR) is 114 cm³/mol. The van der Waals surface area contributed by atoms with Gasteiger partial charge in [0, 0.05) is 42.3 Å². The first-order chi connectivity index (χ1) is 13.9.